The maximum atomic E-state index is 13.4. The number of rotatable bonds is 5. The van der Waals surface area contributed by atoms with Crippen molar-refractivity contribution in [2.75, 3.05) is 5.32 Å². The van der Waals surface area contributed by atoms with Crippen LogP contribution in [0, 0.1) is 5.41 Å². The van der Waals surface area contributed by atoms with Gasteiger partial charge in [-0.15, -0.1) is 0 Å². The van der Waals surface area contributed by atoms with Gasteiger partial charge in [0, 0.05) is 28.2 Å². The molecule has 2 aromatic rings. The second-order valence-electron chi connectivity index (χ2n) is 10.9. The molecule has 34 heavy (non-hydrogen) atoms. The molecule has 188 valence electrons. The summed E-state index contributed by atoms with van der Waals surface area (Å²) >= 11 is 6.08. The number of alkyl halides is 3. The largest absolute Gasteiger partial charge is 0.444 e. The normalized spacial score (nSPS) is 19.7. The van der Waals surface area contributed by atoms with Gasteiger partial charge in [0.1, 0.15) is 11.3 Å². The Morgan fingerprint density at radius 2 is 1.68 bits per heavy atom. The molecule has 3 rings (SSSR count). The highest BCUT2D eigenvalue weighted by atomic mass is 35.5. The van der Waals surface area contributed by atoms with Crippen molar-refractivity contribution in [3.05, 3.63) is 35.0 Å². The molecule has 1 aromatic heterocycles. The van der Waals surface area contributed by atoms with Crippen LogP contribution in [-0.2, 0) is 10.9 Å². The molecule has 0 unspecified atom stereocenters. The van der Waals surface area contributed by atoms with Crippen molar-refractivity contribution < 1.29 is 22.7 Å². The number of carbonyl (C=O) groups is 1. The van der Waals surface area contributed by atoms with Gasteiger partial charge in [0.2, 0.25) is 0 Å². The molecule has 0 atom stereocenters. The SMILES string of the molecule is CC(C)(C)CC(C)(C)OC(=O)NC1CCC(Nc2cc(C(F)(F)F)nc3ccc(Cl)cc23)CC1. The molecule has 2 N–H and O–H groups in total. The number of alkyl carbamates (subject to hydrolysis) is 1. The average molecular weight is 500 g/mol. The van der Waals surface area contributed by atoms with Crippen LogP contribution in [0.25, 0.3) is 10.9 Å². The molecular formula is C25H33ClF3N3O2. The van der Waals surface area contributed by atoms with E-state index in [0.29, 0.717) is 41.8 Å². The zero-order valence-electron chi connectivity index (χ0n) is 20.3. The maximum Gasteiger partial charge on any atom is 0.433 e. The van der Waals surface area contributed by atoms with E-state index in [1.165, 1.54) is 12.1 Å². The Hall–Kier alpha value is -2.22. The Balaban J connectivity index is 1.62. The molecule has 1 aromatic carbocycles. The summed E-state index contributed by atoms with van der Waals surface area (Å²) in [5.41, 5.74) is -0.903. The predicted octanol–water partition coefficient (Wildman–Crippen LogP) is 7.57. The predicted molar refractivity (Wildman–Crippen MR) is 129 cm³/mol. The number of hydrogen-bond donors (Lipinski definition) is 2. The number of hydrogen-bond acceptors (Lipinski definition) is 4. The number of halogens is 4. The fourth-order valence-electron chi connectivity index (χ4n) is 4.82. The Morgan fingerprint density at radius 1 is 1.06 bits per heavy atom. The number of carbonyl (C=O) groups excluding carboxylic acids is 1. The highest BCUT2D eigenvalue weighted by Crippen LogP contribution is 2.35. The first-order valence-electron chi connectivity index (χ1n) is 11.5. The zero-order valence-corrected chi connectivity index (χ0v) is 21.0. The van der Waals surface area contributed by atoms with Crippen LogP contribution < -0.4 is 10.6 Å². The lowest BCUT2D eigenvalue weighted by atomic mass is 9.84. The van der Waals surface area contributed by atoms with Crippen LogP contribution in [0.4, 0.5) is 23.7 Å². The molecule has 0 saturated heterocycles. The van der Waals surface area contributed by atoms with Crippen LogP contribution in [-0.4, -0.2) is 28.8 Å². The molecule has 1 saturated carbocycles. The average Bonchev–Trinajstić information content (AvgIpc) is 2.66. The van der Waals surface area contributed by atoms with Gasteiger partial charge in [-0.3, -0.25) is 0 Å². The lowest BCUT2D eigenvalue weighted by molar-refractivity contribution is -0.140. The lowest BCUT2D eigenvalue weighted by Crippen LogP contribution is -2.44. The smallest absolute Gasteiger partial charge is 0.433 e. The van der Waals surface area contributed by atoms with Crippen LogP contribution in [0.1, 0.15) is 72.4 Å². The number of benzene rings is 1. The summed E-state index contributed by atoms with van der Waals surface area (Å²) in [4.78, 5) is 16.2. The van der Waals surface area contributed by atoms with Gasteiger partial charge in [0.25, 0.3) is 0 Å². The highest BCUT2D eigenvalue weighted by molar-refractivity contribution is 6.31. The van der Waals surface area contributed by atoms with Gasteiger partial charge < -0.3 is 15.4 Å². The van der Waals surface area contributed by atoms with Gasteiger partial charge in [0.05, 0.1) is 5.52 Å². The third-order valence-electron chi connectivity index (χ3n) is 5.79. The number of aromatic nitrogens is 1. The molecule has 0 aliphatic heterocycles. The Kier molecular flexibility index (Phi) is 7.60. The van der Waals surface area contributed by atoms with E-state index in [1.54, 1.807) is 6.07 Å². The fraction of sp³-hybridized carbons (Fsp3) is 0.600. The third-order valence-corrected chi connectivity index (χ3v) is 6.03. The van der Waals surface area contributed by atoms with Crippen molar-refractivity contribution in [1.29, 1.82) is 0 Å². The van der Waals surface area contributed by atoms with E-state index in [1.807, 2.05) is 13.8 Å². The molecular weight excluding hydrogens is 467 g/mol. The van der Waals surface area contributed by atoms with Crippen LogP contribution in [0.2, 0.25) is 5.02 Å². The minimum atomic E-state index is -4.55. The summed E-state index contributed by atoms with van der Waals surface area (Å²) in [6.07, 6.45) is -1.47. The van der Waals surface area contributed by atoms with Gasteiger partial charge in [-0.25, -0.2) is 9.78 Å². The van der Waals surface area contributed by atoms with E-state index >= 15 is 0 Å². The molecule has 1 aliphatic rings. The van der Waals surface area contributed by atoms with E-state index < -0.39 is 23.6 Å². The molecule has 1 amide bonds. The number of fused-ring (bicyclic) bond motifs is 1. The molecule has 5 nitrogen and oxygen atoms in total. The van der Waals surface area contributed by atoms with Crippen molar-refractivity contribution in [2.45, 2.75) is 90.6 Å². The zero-order chi connectivity index (χ0) is 25.3. The minimum Gasteiger partial charge on any atom is -0.444 e. The number of nitrogens with zero attached hydrogens (tertiary/aromatic N) is 1. The third kappa shape index (κ3) is 7.39. The second-order valence-corrected chi connectivity index (χ2v) is 11.4. The fourth-order valence-corrected chi connectivity index (χ4v) is 5.00. The van der Waals surface area contributed by atoms with E-state index in [4.69, 9.17) is 16.3 Å². The van der Waals surface area contributed by atoms with Crippen molar-refractivity contribution in [3.63, 3.8) is 0 Å². The summed E-state index contributed by atoms with van der Waals surface area (Å²) in [6.45, 7) is 10.1. The molecule has 9 heteroatoms. The van der Waals surface area contributed by atoms with Gasteiger partial charge in [-0.05, 0) is 75.6 Å². The summed E-state index contributed by atoms with van der Waals surface area (Å²) in [6, 6.07) is 5.61. The quantitative estimate of drug-likeness (QED) is 0.445. The first kappa shape index (κ1) is 26.4. The van der Waals surface area contributed by atoms with E-state index in [9.17, 15) is 18.0 Å². The minimum absolute atomic E-state index is 0.0286. The van der Waals surface area contributed by atoms with E-state index in [0.717, 1.165) is 12.5 Å². The van der Waals surface area contributed by atoms with Crippen LogP contribution in [0.5, 0.6) is 0 Å². The first-order chi connectivity index (χ1) is 15.6. The highest BCUT2D eigenvalue weighted by Gasteiger charge is 2.34. The van der Waals surface area contributed by atoms with Crippen molar-refractivity contribution >= 4 is 34.3 Å². The van der Waals surface area contributed by atoms with Gasteiger partial charge >= 0.3 is 12.3 Å². The molecule has 1 aliphatic carbocycles. The molecule has 0 radical (unpaired) electrons. The van der Waals surface area contributed by atoms with Gasteiger partial charge in [-0.2, -0.15) is 13.2 Å². The number of anilines is 1. The number of nitrogens with one attached hydrogen (secondary N) is 2. The summed E-state index contributed by atoms with van der Waals surface area (Å²) in [5.74, 6) is 0. The second kappa shape index (κ2) is 9.80. The standard InChI is InChI=1S/C25H33ClF3N3O2/c1-23(2,3)14-24(4,5)34-22(33)31-17-9-7-16(8-10-17)30-20-13-21(25(27,28)29)32-19-11-6-15(26)12-18(19)20/h6,11-13,16-17H,7-10,14H2,1-5H3,(H,30,32)(H,31,33). The molecule has 1 fully saturated rings. The number of pyridine rings is 1. The first-order valence-corrected chi connectivity index (χ1v) is 11.9. The van der Waals surface area contributed by atoms with Crippen LogP contribution in [0.15, 0.2) is 24.3 Å². The summed E-state index contributed by atoms with van der Waals surface area (Å²) in [5, 5.41) is 7.18. The Morgan fingerprint density at radius 3 is 2.26 bits per heavy atom. The Labute approximate surface area is 203 Å². The number of amides is 1. The summed E-state index contributed by atoms with van der Waals surface area (Å²) in [7, 11) is 0. The topological polar surface area (TPSA) is 63.2 Å². The van der Waals surface area contributed by atoms with Crippen LogP contribution >= 0.6 is 11.6 Å². The monoisotopic (exact) mass is 499 g/mol. The summed E-state index contributed by atoms with van der Waals surface area (Å²) < 4.78 is 45.8. The van der Waals surface area contributed by atoms with E-state index in [2.05, 4.69) is 36.4 Å². The van der Waals surface area contributed by atoms with Crippen molar-refractivity contribution in [2.24, 2.45) is 5.41 Å². The van der Waals surface area contributed by atoms with Crippen molar-refractivity contribution in [3.8, 4) is 0 Å². The van der Waals surface area contributed by atoms with Crippen molar-refractivity contribution in [1.82, 2.24) is 10.3 Å². The molecule has 0 bridgehead atoms. The molecule has 0 spiro atoms. The lowest BCUT2D eigenvalue weighted by Gasteiger charge is -2.34. The molecule has 1 heterocycles. The Bertz CT molecular complexity index is 1030. The van der Waals surface area contributed by atoms with E-state index in [-0.39, 0.29) is 23.0 Å². The van der Waals surface area contributed by atoms with Gasteiger partial charge in [-0.1, -0.05) is 32.4 Å². The van der Waals surface area contributed by atoms with Crippen LogP contribution in [0.3, 0.4) is 0 Å². The maximum absolute atomic E-state index is 13.4. The van der Waals surface area contributed by atoms with Gasteiger partial charge in [0.15, 0.2) is 0 Å². The number of ether oxygens (including phenoxy) is 1.